The minimum absolute atomic E-state index is 0.452. The van der Waals surface area contributed by atoms with E-state index in [1.165, 1.54) is 15.3 Å². The Morgan fingerprint density at radius 3 is 2.85 bits per heavy atom. The summed E-state index contributed by atoms with van der Waals surface area (Å²) >= 11 is 3.80. The lowest BCUT2D eigenvalue weighted by Gasteiger charge is -2.25. The number of hydrogen-bond donors (Lipinski definition) is 1. The zero-order chi connectivity index (χ0) is 13.9. The maximum absolute atomic E-state index is 3.75. The fourth-order valence-electron chi connectivity index (χ4n) is 2.60. The molecule has 1 N–H and O–H groups in total. The molecule has 3 rings (SSSR count). The zero-order valence-electron chi connectivity index (χ0n) is 11.9. The Kier molecular flexibility index (Phi) is 4.46. The summed E-state index contributed by atoms with van der Waals surface area (Å²) in [6.45, 7) is 0.993. The monoisotopic (exact) mass is 304 g/mol. The number of hydrogen-bond acceptors (Lipinski definition) is 4. The van der Waals surface area contributed by atoms with Gasteiger partial charge >= 0.3 is 0 Å². The molecule has 2 atom stereocenters. The Morgan fingerprint density at radius 2 is 2.10 bits per heavy atom. The van der Waals surface area contributed by atoms with E-state index >= 15 is 0 Å². The molecule has 0 amide bonds. The van der Waals surface area contributed by atoms with Crippen LogP contribution in [-0.2, 0) is 0 Å². The molecule has 0 spiro atoms. The molecule has 0 fully saturated rings. The maximum Gasteiger partial charge on any atom is 0.0561 e. The summed E-state index contributed by atoms with van der Waals surface area (Å²) in [5.74, 6) is 1.14. The second-order valence-corrected chi connectivity index (χ2v) is 7.35. The van der Waals surface area contributed by atoms with Gasteiger partial charge in [0.1, 0.15) is 0 Å². The van der Waals surface area contributed by atoms with E-state index in [4.69, 9.17) is 0 Å². The van der Waals surface area contributed by atoms with E-state index in [1.807, 2.05) is 23.1 Å². The lowest BCUT2D eigenvalue weighted by Crippen LogP contribution is -2.33. The minimum Gasteiger partial charge on any atom is -0.307 e. The van der Waals surface area contributed by atoms with Crippen LogP contribution in [-0.4, -0.2) is 31.3 Å². The van der Waals surface area contributed by atoms with Gasteiger partial charge in [0.2, 0.25) is 0 Å². The number of benzene rings is 1. The van der Waals surface area contributed by atoms with E-state index in [0.717, 1.165) is 12.3 Å². The Morgan fingerprint density at radius 1 is 1.25 bits per heavy atom. The first-order chi connectivity index (χ1) is 9.75. The SMILES string of the molecule is CN(C)C(CNC1CSc2ccccc21)c1cccs1. The first kappa shape index (κ1) is 14.1. The summed E-state index contributed by atoms with van der Waals surface area (Å²) in [5.41, 5.74) is 1.46. The molecule has 2 aromatic rings. The van der Waals surface area contributed by atoms with Crippen LogP contribution in [0, 0.1) is 0 Å². The van der Waals surface area contributed by atoms with Crippen molar-refractivity contribution in [1.82, 2.24) is 10.2 Å². The second kappa shape index (κ2) is 6.31. The molecule has 1 aliphatic heterocycles. The quantitative estimate of drug-likeness (QED) is 0.905. The highest BCUT2D eigenvalue weighted by molar-refractivity contribution is 7.99. The zero-order valence-corrected chi connectivity index (χ0v) is 13.5. The highest BCUT2D eigenvalue weighted by Gasteiger charge is 2.24. The summed E-state index contributed by atoms with van der Waals surface area (Å²) in [6.07, 6.45) is 0. The van der Waals surface area contributed by atoms with E-state index in [2.05, 4.69) is 66.1 Å². The number of fused-ring (bicyclic) bond motifs is 1. The lowest BCUT2D eigenvalue weighted by atomic mass is 10.1. The Labute approximate surface area is 129 Å². The van der Waals surface area contributed by atoms with Crippen molar-refractivity contribution in [3.8, 4) is 0 Å². The molecule has 0 radical (unpaired) electrons. The van der Waals surface area contributed by atoms with Gasteiger partial charge in [-0.3, -0.25) is 0 Å². The van der Waals surface area contributed by atoms with Crippen LogP contribution in [0.2, 0.25) is 0 Å². The highest BCUT2D eigenvalue weighted by atomic mass is 32.2. The molecule has 2 unspecified atom stereocenters. The van der Waals surface area contributed by atoms with Gasteiger partial charge in [-0.05, 0) is 37.2 Å². The molecule has 0 saturated heterocycles. The fraction of sp³-hybridized carbons (Fsp3) is 0.375. The summed E-state index contributed by atoms with van der Waals surface area (Å²) in [5, 5.41) is 5.91. The molecule has 0 aliphatic carbocycles. The van der Waals surface area contributed by atoms with Crippen LogP contribution in [0.15, 0.2) is 46.7 Å². The van der Waals surface area contributed by atoms with Gasteiger partial charge in [0.05, 0.1) is 6.04 Å². The third-order valence-electron chi connectivity index (χ3n) is 3.75. The highest BCUT2D eigenvalue weighted by Crippen LogP contribution is 2.38. The number of thioether (sulfide) groups is 1. The summed E-state index contributed by atoms with van der Waals surface area (Å²) in [6, 6.07) is 14.1. The van der Waals surface area contributed by atoms with Crippen molar-refractivity contribution in [2.75, 3.05) is 26.4 Å². The predicted molar refractivity (Wildman–Crippen MR) is 88.7 cm³/mol. The second-order valence-electron chi connectivity index (χ2n) is 5.30. The van der Waals surface area contributed by atoms with Crippen LogP contribution in [0.25, 0.3) is 0 Å². The molecular weight excluding hydrogens is 284 g/mol. The number of rotatable bonds is 5. The number of thiophene rings is 1. The van der Waals surface area contributed by atoms with Crippen molar-refractivity contribution < 1.29 is 0 Å². The van der Waals surface area contributed by atoms with Gasteiger partial charge in [-0.15, -0.1) is 23.1 Å². The fourth-order valence-corrected chi connectivity index (χ4v) is 4.72. The summed E-state index contributed by atoms with van der Waals surface area (Å²) < 4.78 is 0. The maximum atomic E-state index is 3.75. The Bertz CT molecular complexity index is 551. The molecule has 1 aromatic carbocycles. The molecule has 0 bridgehead atoms. The molecule has 106 valence electrons. The molecule has 4 heteroatoms. The van der Waals surface area contributed by atoms with Crippen molar-refractivity contribution in [3.05, 3.63) is 52.2 Å². The number of nitrogens with one attached hydrogen (secondary N) is 1. The third kappa shape index (κ3) is 2.93. The third-order valence-corrected chi connectivity index (χ3v) is 5.91. The van der Waals surface area contributed by atoms with E-state index in [0.29, 0.717) is 12.1 Å². The molecule has 1 aliphatic rings. The van der Waals surface area contributed by atoms with Crippen molar-refractivity contribution in [1.29, 1.82) is 0 Å². The van der Waals surface area contributed by atoms with Crippen molar-refractivity contribution >= 4 is 23.1 Å². The van der Waals surface area contributed by atoms with E-state index < -0.39 is 0 Å². The van der Waals surface area contributed by atoms with Gasteiger partial charge in [-0.25, -0.2) is 0 Å². The van der Waals surface area contributed by atoms with Crippen LogP contribution in [0.5, 0.6) is 0 Å². The van der Waals surface area contributed by atoms with Crippen molar-refractivity contribution in [3.63, 3.8) is 0 Å². The van der Waals surface area contributed by atoms with Gasteiger partial charge in [0, 0.05) is 28.1 Å². The molecule has 1 aromatic heterocycles. The topological polar surface area (TPSA) is 15.3 Å². The molecular formula is C16H20N2S2. The van der Waals surface area contributed by atoms with Crippen LogP contribution in [0.4, 0.5) is 0 Å². The first-order valence-electron chi connectivity index (χ1n) is 6.90. The first-order valence-corrected chi connectivity index (χ1v) is 8.77. The molecule has 2 nitrogen and oxygen atoms in total. The molecule has 20 heavy (non-hydrogen) atoms. The van der Waals surface area contributed by atoms with E-state index in [-0.39, 0.29) is 0 Å². The number of likely N-dealkylation sites (N-methyl/N-ethyl adjacent to an activating group) is 1. The average Bonchev–Trinajstić information content (AvgIpc) is 3.09. The van der Waals surface area contributed by atoms with Gasteiger partial charge in [-0.1, -0.05) is 24.3 Å². The van der Waals surface area contributed by atoms with Gasteiger partial charge < -0.3 is 10.2 Å². The standard InChI is InChI=1S/C16H20N2S2/c1-18(2)14(16-8-5-9-19-16)10-17-13-11-20-15-7-4-3-6-12(13)15/h3-9,13-14,17H,10-11H2,1-2H3. The normalized spacial score (nSPS) is 19.2. The van der Waals surface area contributed by atoms with Crippen molar-refractivity contribution in [2.45, 2.75) is 17.0 Å². The Balaban J connectivity index is 1.67. The van der Waals surface area contributed by atoms with E-state index in [1.54, 1.807) is 0 Å². The predicted octanol–water partition coefficient (Wildman–Crippen LogP) is 3.79. The van der Waals surface area contributed by atoms with Crippen LogP contribution < -0.4 is 5.32 Å². The van der Waals surface area contributed by atoms with Crippen molar-refractivity contribution in [2.24, 2.45) is 0 Å². The van der Waals surface area contributed by atoms with Crippen LogP contribution in [0.3, 0.4) is 0 Å². The molecule has 2 heterocycles. The Hall–Kier alpha value is -0.810. The lowest BCUT2D eigenvalue weighted by molar-refractivity contribution is 0.286. The summed E-state index contributed by atoms with van der Waals surface area (Å²) in [7, 11) is 4.31. The van der Waals surface area contributed by atoms with E-state index in [9.17, 15) is 0 Å². The van der Waals surface area contributed by atoms with Crippen LogP contribution >= 0.6 is 23.1 Å². The smallest absolute Gasteiger partial charge is 0.0561 e. The summed E-state index contributed by atoms with van der Waals surface area (Å²) in [4.78, 5) is 5.16. The largest absolute Gasteiger partial charge is 0.307 e. The minimum atomic E-state index is 0.452. The number of nitrogens with zero attached hydrogens (tertiary/aromatic N) is 1. The van der Waals surface area contributed by atoms with Gasteiger partial charge in [0.25, 0.3) is 0 Å². The van der Waals surface area contributed by atoms with Gasteiger partial charge in [-0.2, -0.15) is 0 Å². The molecule has 0 saturated carbocycles. The van der Waals surface area contributed by atoms with Gasteiger partial charge in [0.15, 0.2) is 0 Å². The van der Waals surface area contributed by atoms with Crippen LogP contribution in [0.1, 0.15) is 22.5 Å². The average molecular weight is 304 g/mol.